The summed E-state index contributed by atoms with van der Waals surface area (Å²) in [7, 11) is 0. The van der Waals surface area contributed by atoms with Gasteiger partial charge in [0.2, 0.25) is 0 Å². The molecule has 5 atom stereocenters. The highest BCUT2D eigenvalue weighted by Gasteiger charge is 2.66. The van der Waals surface area contributed by atoms with E-state index in [4.69, 9.17) is 0 Å². The first kappa shape index (κ1) is 13.8. The highest BCUT2D eigenvalue weighted by molar-refractivity contribution is 5.21. The van der Waals surface area contributed by atoms with Crippen molar-refractivity contribution in [2.24, 2.45) is 29.6 Å². The fraction of sp³-hybridized carbons (Fsp3) is 0.684. The molecular formula is C19H26FN. The average molecular weight is 287 g/mol. The van der Waals surface area contributed by atoms with Gasteiger partial charge in [-0.2, -0.15) is 0 Å². The van der Waals surface area contributed by atoms with E-state index in [1.807, 2.05) is 12.1 Å². The Kier molecular flexibility index (Phi) is 3.53. The first-order valence-electron chi connectivity index (χ1n) is 8.75. The molecule has 3 saturated carbocycles. The maximum Gasteiger partial charge on any atom is 0.123 e. The second kappa shape index (κ2) is 5.39. The molecule has 0 spiro atoms. The Morgan fingerprint density at radius 1 is 1.14 bits per heavy atom. The summed E-state index contributed by atoms with van der Waals surface area (Å²) < 4.78 is 13.1. The number of rotatable bonds is 6. The lowest BCUT2D eigenvalue weighted by molar-refractivity contribution is 0.361. The summed E-state index contributed by atoms with van der Waals surface area (Å²) in [5.74, 6) is 4.86. The SMILES string of the molecule is CCCNC(Cc1ccc(F)cc1)C1C2C3CCC(C3)C21. The van der Waals surface area contributed by atoms with E-state index in [-0.39, 0.29) is 5.82 Å². The van der Waals surface area contributed by atoms with Crippen LogP contribution in [0.4, 0.5) is 4.39 Å². The first-order chi connectivity index (χ1) is 10.3. The third-order valence-corrected chi connectivity index (χ3v) is 6.28. The zero-order valence-electron chi connectivity index (χ0n) is 12.9. The van der Waals surface area contributed by atoms with Crippen molar-refractivity contribution in [3.05, 3.63) is 35.6 Å². The van der Waals surface area contributed by atoms with Gasteiger partial charge in [-0.3, -0.25) is 0 Å². The number of halogens is 1. The summed E-state index contributed by atoms with van der Waals surface area (Å²) in [6.07, 6.45) is 6.74. The smallest absolute Gasteiger partial charge is 0.123 e. The van der Waals surface area contributed by atoms with E-state index in [0.29, 0.717) is 6.04 Å². The molecule has 3 aliphatic rings. The molecule has 4 rings (SSSR count). The fourth-order valence-corrected chi connectivity index (χ4v) is 5.48. The molecule has 114 valence electrons. The second-order valence-corrected chi connectivity index (χ2v) is 7.46. The summed E-state index contributed by atoms with van der Waals surface area (Å²) in [5, 5.41) is 3.80. The van der Waals surface area contributed by atoms with Crippen molar-refractivity contribution in [1.82, 2.24) is 5.32 Å². The lowest BCUT2D eigenvalue weighted by Gasteiger charge is -2.22. The first-order valence-corrected chi connectivity index (χ1v) is 8.75. The normalized spacial score (nSPS) is 37.5. The minimum atomic E-state index is -0.127. The van der Waals surface area contributed by atoms with Crippen LogP contribution in [0.15, 0.2) is 24.3 Å². The third kappa shape index (κ3) is 2.42. The number of nitrogens with one attached hydrogen (secondary N) is 1. The van der Waals surface area contributed by atoms with E-state index in [0.717, 1.165) is 42.6 Å². The van der Waals surface area contributed by atoms with Crippen molar-refractivity contribution in [3.8, 4) is 0 Å². The van der Waals surface area contributed by atoms with Crippen LogP contribution in [-0.4, -0.2) is 12.6 Å². The van der Waals surface area contributed by atoms with Gasteiger partial charge in [-0.15, -0.1) is 0 Å². The molecule has 1 N–H and O–H groups in total. The maximum absolute atomic E-state index is 13.1. The highest BCUT2D eigenvalue weighted by atomic mass is 19.1. The zero-order valence-corrected chi connectivity index (χ0v) is 12.9. The molecule has 0 saturated heterocycles. The van der Waals surface area contributed by atoms with Gasteiger partial charge in [0.05, 0.1) is 0 Å². The molecule has 3 fully saturated rings. The molecule has 1 aromatic rings. The van der Waals surface area contributed by atoms with Crippen molar-refractivity contribution in [3.63, 3.8) is 0 Å². The lowest BCUT2D eigenvalue weighted by atomic mass is 9.93. The van der Waals surface area contributed by atoms with Gasteiger partial charge < -0.3 is 5.32 Å². The van der Waals surface area contributed by atoms with E-state index < -0.39 is 0 Å². The van der Waals surface area contributed by atoms with Crippen LogP contribution in [0.5, 0.6) is 0 Å². The van der Waals surface area contributed by atoms with Gasteiger partial charge in [0.15, 0.2) is 0 Å². The summed E-state index contributed by atoms with van der Waals surface area (Å²) >= 11 is 0. The van der Waals surface area contributed by atoms with Crippen molar-refractivity contribution in [2.75, 3.05) is 6.54 Å². The summed E-state index contributed by atoms with van der Waals surface area (Å²) in [6.45, 7) is 3.34. The Morgan fingerprint density at radius 3 is 2.43 bits per heavy atom. The summed E-state index contributed by atoms with van der Waals surface area (Å²) in [4.78, 5) is 0. The Labute approximate surface area is 127 Å². The van der Waals surface area contributed by atoms with Gasteiger partial charge in [-0.25, -0.2) is 4.39 Å². The van der Waals surface area contributed by atoms with Crippen LogP contribution in [0.3, 0.4) is 0 Å². The molecule has 3 aliphatic carbocycles. The van der Waals surface area contributed by atoms with E-state index in [2.05, 4.69) is 12.2 Å². The monoisotopic (exact) mass is 287 g/mol. The van der Waals surface area contributed by atoms with E-state index in [1.165, 1.54) is 31.2 Å². The van der Waals surface area contributed by atoms with Crippen molar-refractivity contribution in [1.29, 1.82) is 0 Å². The maximum atomic E-state index is 13.1. The van der Waals surface area contributed by atoms with Crippen LogP contribution in [0, 0.1) is 35.4 Å². The largest absolute Gasteiger partial charge is 0.313 e. The van der Waals surface area contributed by atoms with E-state index in [9.17, 15) is 4.39 Å². The van der Waals surface area contributed by atoms with Crippen molar-refractivity contribution >= 4 is 0 Å². The molecule has 0 aliphatic heterocycles. The van der Waals surface area contributed by atoms with E-state index >= 15 is 0 Å². The lowest BCUT2D eigenvalue weighted by Crippen LogP contribution is -2.36. The molecule has 0 amide bonds. The van der Waals surface area contributed by atoms with Gasteiger partial charge in [0.25, 0.3) is 0 Å². The van der Waals surface area contributed by atoms with Crippen LogP contribution in [0.1, 0.15) is 38.2 Å². The molecule has 2 bridgehead atoms. The molecule has 0 aromatic heterocycles. The minimum Gasteiger partial charge on any atom is -0.313 e. The van der Waals surface area contributed by atoms with Crippen LogP contribution in [-0.2, 0) is 6.42 Å². The van der Waals surface area contributed by atoms with E-state index in [1.54, 1.807) is 12.1 Å². The molecule has 21 heavy (non-hydrogen) atoms. The molecule has 2 heteroatoms. The zero-order chi connectivity index (χ0) is 14.4. The molecule has 1 aromatic carbocycles. The summed E-state index contributed by atoms with van der Waals surface area (Å²) in [6, 6.07) is 7.73. The quantitative estimate of drug-likeness (QED) is 0.833. The van der Waals surface area contributed by atoms with Crippen LogP contribution in [0.2, 0.25) is 0 Å². The molecule has 5 unspecified atom stereocenters. The van der Waals surface area contributed by atoms with Crippen LogP contribution >= 0.6 is 0 Å². The number of fused-ring (bicyclic) bond motifs is 5. The Bertz CT molecular complexity index is 481. The topological polar surface area (TPSA) is 12.0 Å². The molecule has 0 heterocycles. The Balaban J connectivity index is 1.46. The second-order valence-electron chi connectivity index (χ2n) is 7.46. The predicted molar refractivity (Wildman–Crippen MR) is 83.5 cm³/mol. The number of hydrogen-bond donors (Lipinski definition) is 1. The van der Waals surface area contributed by atoms with Crippen molar-refractivity contribution in [2.45, 2.75) is 45.1 Å². The number of benzene rings is 1. The standard InChI is InChI=1S/C19H26FN/c1-2-9-21-16(10-12-3-7-15(20)8-4-12)19-17-13-5-6-14(11-13)18(17)19/h3-4,7-8,13-14,16-19,21H,2,5-6,9-11H2,1H3. The third-order valence-electron chi connectivity index (χ3n) is 6.28. The van der Waals surface area contributed by atoms with Gasteiger partial charge >= 0.3 is 0 Å². The van der Waals surface area contributed by atoms with Crippen LogP contribution in [0.25, 0.3) is 0 Å². The highest BCUT2D eigenvalue weighted by Crippen LogP contribution is 2.70. The molecule has 0 radical (unpaired) electrons. The Hall–Kier alpha value is -0.890. The van der Waals surface area contributed by atoms with Gasteiger partial charge in [0, 0.05) is 6.04 Å². The van der Waals surface area contributed by atoms with Gasteiger partial charge in [0.1, 0.15) is 5.82 Å². The fourth-order valence-electron chi connectivity index (χ4n) is 5.48. The van der Waals surface area contributed by atoms with Crippen LogP contribution < -0.4 is 5.32 Å². The minimum absolute atomic E-state index is 0.127. The number of hydrogen-bond acceptors (Lipinski definition) is 1. The molecular weight excluding hydrogens is 261 g/mol. The van der Waals surface area contributed by atoms with Gasteiger partial charge in [-0.1, -0.05) is 19.1 Å². The Morgan fingerprint density at radius 2 is 1.81 bits per heavy atom. The summed E-state index contributed by atoms with van der Waals surface area (Å²) in [5.41, 5.74) is 1.28. The molecule has 1 nitrogen and oxygen atoms in total. The average Bonchev–Trinajstić information content (AvgIpc) is 2.92. The predicted octanol–water partition coefficient (Wildman–Crippen LogP) is 4.03. The van der Waals surface area contributed by atoms with Gasteiger partial charge in [-0.05, 0) is 85.9 Å². The van der Waals surface area contributed by atoms with Crippen molar-refractivity contribution < 1.29 is 4.39 Å².